The number of benzene rings is 1. The molecule has 3 nitrogen and oxygen atoms in total. The number of halogens is 1. The van der Waals surface area contributed by atoms with Crippen molar-refractivity contribution in [1.82, 2.24) is 10.3 Å². The van der Waals surface area contributed by atoms with E-state index < -0.39 is 0 Å². The van der Waals surface area contributed by atoms with Crippen LogP contribution in [0, 0.1) is 0 Å². The number of hydrogen-bond acceptors (Lipinski definition) is 3. The summed E-state index contributed by atoms with van der Waals surface area (Å²) >= 11 is 6.16. The molecule has 0 radical (unpaired) electrons. The number of aromatic nitrogens is 1. The van der Waals surface area contributed by atoms with Gasteiger partial charge in [0.2, 0.25) is 5.88 Å². The fraction of sp³-hybridized carbons (Fsp3) is 0.353. The van der Waals surface area contributed by atoms with Gasteiger partial charge in [-0.15, -0.1) is 0 Å². The van der Waals surface area contributed by atoms with E-state index in [1.54, 1.807) is 6.20 Å². The lowest BCUT2D eigenvalue weighted by Crippen LogP contribution is -2.22. The summed E-state index contributed by atoms with van der Waals surface area (Å²) in [4.78, 5) is 4.22. The first kappa shape index (κ1) is 15.8. The molecule has 0 bridgehead atoms. The molecule has 2 aromatic rings. The summed E-state index contributed by atoms with van der Waals surface area (Å²) in [5.74, 6) is 1.34. The Labute approximate surface area is 131 Å². The van der Waals surface area contributed by atoms with Crippen LogP contribution in [0.1, 0.15) is 31.9 Å². The van der Waals surface area contributed by atoms with Crippen molar-refractivity contribution in [2.24, 2.45) is 0 Å². The van der Waals surface area contributed by atoms with Crippen LogP contribution in [0.4, 0.5) is 0 Å². The van der Waals surface area contributed by atoms with E-state index >= 15 is 0 Å². The van der Waals surface area contributed by atoms with E-state index in [-0.39, 0.29) is 0 Å². The Hall–Kier alpha value is -1.58. The molecule has 21 heavy (non-hydrogen) atoms. The van der Waals surface area contributed by atoms with Crippen LogP contribution in [0.15, 0.2) is 36.5 Å². The molecule has 1 heterocycles. The van der Waals surface area contributed by atoms with Gasteiger partial charge in [-0.2, -0.15) is 0 Å². The molecule has 1 N–H and O–H groups in total. The second-order valence-corrected chi connectivity index (χ2v) is 5.66. The number of rotatable bonds is 6. The zero-order valence-corrected chi connectivity index (χ0v) is 13.4. The number of ether oxygens (including phenoxy) is 1. The number of hydrogen-bond donors (Lipinski definition) is 1. The van der Waals surface area contributed by atoms with E-state index in [9.17, 15) is 0 Å². The number of nitrogens with zero attached hydrogens (tertiary/aromatic N) is 1. The molecule has 0 fully saturated rings. The Morgan fingerprint density at radius 3 is 2.57 bits per heavy atom. The van der Waals surface area contributed by atoms with Crippen LogP contribution in [0.2, 0.25) is 5.02 Å². The minimum absolute atomic E-state index is 0.403. The molecular formula is C17H21ClN2O. The molecule has 0 saturated carbocycles. The van der Waals surface area contributed by atoms with Crippen molar-refractivity contribution in [3.8, 4) is 11.6 Å². The third kappa shape index (κ3) is 4.73. The standard InChI is InChI=1S/C17H21ClN2O/c1-4-13-5-7-15(8-6-13)21-17-9-14(10-19-12(2)3)16(18)11-20-17/h5-9,11-12,19H,4,10H2,1-3H3. The van der Waals surface area contributed by atoms with E-state index in [4.69, 9.17) is 16.3 Å². The number of pyridine rings is 1. The maximum atomic E-state index is 6.16. The quantitative estimate of drug-likeness (QED) is 0.847. The van der Waals surface area contributed by atoms with Gasteiger partial charge in [0, 0.05) is 24.8 Å². The lowest BCUT2D eigenvalue weighted by atomic mass is 10.2. The van der Waals surface area contributed by atoms with Crippen LogP contribution in [-0.2, 0) is 13.0 Å². The van der Waals surface area contributed by atoms with Gasteiger partial charge < -0.3 is 10.1 Å². The van der Waals surface area contributed by atoms with Crippen LogP contribution < -0.4 is 10.1 Å². The van der Waals surface area contributed by atoms with Crippen LogP contribution in [0.3, 0.4) is 0 Å². The van der Waals surface area contributed by atoms with Gasteiger partial charge in [-0.05, 0) is 29.7 Å². The average Bonchev–Trinajstić information content (AvgIpc) is 2.48. The topological polar surface area (TPSA) is 34.1 Å². The lowest BCUT2D eigenvalue weighted by Gasteiger charge is -2.11. The highest BCUT2D eigenvalue weighted by molar-refractivity contribution is 6.31. The number of aryl methyl sites for hydroxylation is 1. The summed E-state index contributed by atoms with van der Waals surface area (Å²) in [6.45, 7) is 7.03. The molecule has 2 rings (SSSR count). The van der Waals surface area contributed by atoms with Gasteiger partial charge in [0.05, 0.1) is 5.02 Å². The van der Waals surface area contributed by atoms with Gasteiger partial charge in [-0.1, -0.05) is 44.5 Å². The molecule has 1 aromatic heterocycles. The van der Waals surface area contributed by atoms with Gasteiger partial charge in [0.25, 0.3) is 0 Å². The first-order valence-corrected chi connectivity index (χ1v) is 7.61. The van der Waals surface area contributed by atoms with Crippen molar-refractivity contribution < 1.29 is 4.74 Å². The monoisotopic (exact) mass is 304 g/mol. The maximum absolute atomic E-state index is 6.16. The van der Waals surface area contributed by atoms with Crippen LogP contribution in [0.5, 0.6) is 11.6 Å². The summed E-state index contributed by atoms with van der Waals surface area (Å²) in [6, 6.07) is 10.3. The summed E-state index contributed by atoms with van der Waals surface area (Å²) in [5, 5.41) is 3.99. The zero-order chi connectivity index (χ0) is 15.2. The van der Waals surface area contributed by atoms with Crippen molar-refractivity contribution in [2.75, 3.05) is 0 Å². The summed E-state index contributed by atoms with van der Waals surface area (Å²) < 4.78 is 5.78. The summed E-state index contributed by atoms with van der Waals surface area (Å²) in [6.07, 6.45) is 2.65. The Bertz CT molecular complexity index is 582. The molecule has 1 aromatic carbocycles. The van der Waals surface area contributed by atoms with E-state index in [2.05, 4.69) is 43.2 Å². The van der Waals surface area contributed by atoms with E-state index in [1.807, 2.05) is 18.2 Å². The highest BCUT2D eigenvalue weighted by Gasteiger charge is 2.06. The molecule has 0 atom stereocenters. The lowest BCUT2D eigenvalue weighted by molar-refractivity contribution is 0.461. The average molecular weight is 305 g/mol. The van der Waals surface area contributed by atoms with Gasteiger partial charge in [-0.25, -0.2) is 4.98 Å². The summed E-state index contributed by atoms with van der Waals surface area (Å²) in [7, 11) is 0. The fourth-order valence-electron chi connectivity index (χ4n) is 1.88. The molecule has 4 heteroatoms. The van der Waals surface area contributed by atoms with Crippen molar-refractivity contribution >= 4 is 11.6 Å². The normalized spacial score (nSPS) is 10.9. The second kappa shape index (κ2) is 7.43. The minimum atomic E-state index is 0.403. The van der Waals surface area contributed by atoms with E-state index in [0.717, 1.165) is 17.7 Å². The zero-order valence-electron chi connectivity index (χ0n) is 12.7. The molecular weight excluding hydrogens is 284 g/mol. The van der Waals surface area contributed by atoms with Crippen molar-refractivity contribution in [2.45, 2.75) is 39.8 Å². The first-order valence-electron chi connectivity index (χ1n) is 7.23. The van der Waals surface area contributed by atoms with Gasteiger partial charge in [-0.3, -0.25) is 0 Å². The Morgan fingerprint density at radius 2 is 1.95 bits per heavy atom. The minimum Gasteiger partial charge on any atom is -0.439 e. The fourth-order valence-corrected chi connectivity index (χ4v) is 2.05. The van der Waals surface area contributed by atoms with Crippen LogP contribution >= 0.6 is 11.6 Å². The largest absolute Gasteiger partial charge is 0.439 e. The second-order valence-electron chi connectivity index (χ2n) is 5.25. The molecule has 0 spiro atoms. The van der Waals surface area contributed by atoms with Crippen LogP contribution in [-0.4, -0.2) is 11.0 Å². The van der Waals surface area contributed by atoms with Crippen LogP contribution in [0.25, 0.3) is 0 Å². The van der Waals surface area contributed by atoms with Gasteiger partial charge in [0.1, 0.15) is 5.75 Å². The molecule has 0 unspecified atom stereocenters. The third-order valence-corrected chi connectivity index (χ3v) is 3.50. The smallest absolute Gasteiger partial charge is 0.219 e. The molecule has 0 amide bonds. The van der Waals surface area contributed by atoms with Crippen molar-refractivity contribution in [3.63, 3.8) is 0 Å². The molecule has 0 aliphatic heterocycles. The number of nitrogens with one attached hydrogen (secondary N) is 1. The van der Waals surface area contributed by atoms with E-state index in [0.29, 0.717) is 23.5 Å². The Balaban J connectivity index is 2.10. The molecule has 0 saturated heterocycles. The third-order valence-electron chi connectivity index (χ3n) is 3.16. The Kier molecular flexibility index (Phi) is 5.59. The van der Waals surface area contributed by atoms with Gasteiger partial charge in [0.15, 0.2) is 0 Å². The molecule has 0 aliphatic carbocycles. The maximum Gasteiger partial charge on any atom is 0.219 e. The van der Waals surface area contributed by atoms with Crippen molar-refractivity contribution in [3.05, 3.63) is 52.7 Å². The highest BCUT2D eigenvalue weighted by atomic mass is 35.5. The Morgan fingerprint density at radius 1 is 1.24 bits per heavy atom. The molecule has 112 valence electrons. The van der Waals surface area contributed by atoms with E-state index in [1.165, 1.54) is 5.56 Å². The summed E-state index contributed by atoms with van der Waals surface area (Å²) in [5.41, 5.74) is 2.27. The van der Waals surface area contributed by atoms with Crippen molar-refractivity contribution in [1.29, 1.82) is 0 Å². The first-order chi connectivity index (χ1) is 10.1. The van der Waals surface area contributed by atoms with Gasteiger partial charge >= 0.3 is 0 Å². The molecule has 0 aliphatic rings. The predicted octanol–water partition coefficient (Wildman–Crippen LogP) is 4.59. The highest BCUT2D eigenvalue weighted by Crippen LogP contribution is 2.24. The predicted molar refractivity (Wildman–Crippen MR) is 87.1 cm³/mol. The SMILES string of the molecule is CCc1ccc(Oc2cc(CNC(C)C)c(Cl)cn2)cc1.